The number of nitrogens with zero attached hydrogens (tertiary/aromatic N) is 3. The Morgan fingerprint density at radius 1 is 1.18 bits per heavy atom. The minimum atomic E-state index is -0.643. The molecule has 0 saturated heterocycles. The molecule has 0 unspecified atom stereocenters. The molecule has 34 heavy (non-hydrogen) atoms. The molecule has 0 spiro atoms. The fourth-order valence-corrected chi connectivity index (χ4v) is 4.80. The molecule has 176 valence electrons. The molecule has 2 aromatic carbocycles. The summed E-state index contributed by atoms with van der Waals surface area (Å²) in [6.45, 7) is 0.0470. The predicted molar refractivity (Wildman–Crippen MR) is 131 cm³/mol. The van der Waals surface area contributed by atoms with Crippen LogP contribution in [0.15, 0.2) is 71.1 Å². The van der Waals surface area contributed by atoms with Gasteiger partial charge in [-0.05, 0) is 35.2 Å². The fourth-order valence-electron chi connectivity index (χ4n) is 3.81. The van der Waals surface area contributed by atoms with Crippen LogP contribution in [0.1, 0.15) is 33.3 Å². The number of methoxy groups -OCH3 is 1. The Kier molecular flexibility index (Phi) is 7.72. The van der Waals surface area contributed by atoms with Crippen LogP contribution in [-0.2, 0) is 9.53 Å². The SMILES string of the molecule is COCCN(CC(=O)N1N=C(c2cccs2)C[C@@H]1c1ccccc1Cl)C(=O)c1ccccc1F. The van der Waals surface area contributed by atoms with Gasteiger partial charge in [-0.15, -0.1) is 11.3 Å². The first-order valence-corrected chi connectivity index (χ1v) is 12.0. The van der Waals surface area contributed by atoms with Crippen LogP contribution in [0.5, 0.6) is 0 Å². The van der Waals surface area contributed by atoms with Crippen molar-refractivity contribution < 1.29 is 18.7 Å². The number of hydrazone groups is 1. The maximum Gasteiger partial charge on any atom is 0.262 e. The lowest BCUT2D eigenvalue weighted by atomic mass is 10.0. The Balaban J connectivity index is 1.63. The molecule has 4 rings (SSSR count). The normalized spacial score (nSPS) is 15.3. The maximum absolute atomic E-state index is 14.3. The first kappa shape index (κ1) is 24.1. The third-order valence-electron chi connectivity index (χ3n) is 5.52. The molecule has 0 aliphatic carbocycles. The van der Waals surface area contributed by atoms with Gasteiger partial charge in [-0.3, -0.25) is 9.59 Å². The van der Waals surface area contributed by atoms with Gasteiger partial charge in [0.1, 0.15) is 12.4 Å². The molecule has 0 radical (unpaired) electrons. The van der Waals surface area contributed by atoms with Gasteiger partial charge in [0.05, 0.1) is 28.8 Å². The molecule has 1 aromatic heterocycles. The highest BCUT2D eigenvalue weighted by atomic mass is 35.5. The molecule has 0 bridgehead atoms. The van der Waals surface area contributed by atoms with Crippen molar-refractivity contribution in [1.29, 1.82) is 0 Å². The second-order valence-electron chi connectivity index (χ2n) is 7.70. The molecule has 6 nitrogen and oxygen atoms in total. The Morgan fingerprint density at radius 2 is 1.94 bits per heavy atom. The fraction of sp³-hybridized carbons (Fsp3) is 0.240. The van der Waals surface area contributed by atoms with Crippen molar-refractivity contribution in [1.82, 2.24) is 9.91 Å². The summed E-state index contributed by atoms with van der Waals surface area (Å²) in [7, 11) is 1.50. The van der Waals surface area contributed by atoms with Crippen LogP contribution < -0.4 is 0 Å². The highest BCUT2D eigenvalue weighted by molar-refractivity contribution is 7.12. The summed E-state index contributed by atoms with van der Waals surface area (Å²) in [5.74, 6) is -1.62. The van der Waals surface area contributed by atoms with Gasteiger partial charge in [-0.25, -0.2) is 9.40 Å². The van der Waals surface area contributed by atoms with E-state index in [1.54, 1.807) is 12.1 Å². The molecule has 9 heteroatoms. The predicted octanol–water partition coefficient (Wildman–Crippen LogP) is 5.01. The second kappa shape index (κ2) is 10.9. The number of halogens is 2. The monoisotopic (exact) mass is 499 g/mol. The summed E-state index contributed by atoms with van der Waals surface area (Å²) in [5.41, 5.74) is 1.45. The highest BCUT2D eigenvalue weighted by Gasteiger charge is 2.35. The van der Waals surface area contributed by atoms with Gasteiger partial charge in [0.25, 0.3) is 11.8 Å². The number of hydrogen-bond donors (Lipinski definition) is 0. The van der Waals surface area contributed by atoms with Gasteiger partial charge in [0.15, 0.2) is 0 Å². The number of thiophene rings is 1. The average Bonchev–Trinajstić information content (AvgIpc) is 3.52. The average molecular weight is 500 g/mol. The van der Waals surface area contributed by atoms with Gasteiger partial charge >= 0.3 is 0 Å². The number of ether oxygens (including phenoxy) is 1. The van der Waals surface area contributed by atoms with E-state index in [1.165, 1.54) is 46.6 Å². The van der Waals surface area contributed by atoms with Crippen molar-refractivity contribution in [3.63, 3.8) is 0 Å². The number of carbonyl (C=O) groups excluding carboxylic acids is 2. The summed E-state index contributed by atoms with van der Waals surface area (Å²) in [4.78, 5) is 28.8. The lowest BCUT2D eigenvalue weighted by Gasteiger charge is -2.27. The Bertz CT molecular complexity index is 1200. The third-order valence-corrected chi connectivity index (χ3v) is 6.78. The van der Waals surface area contributed by atoms with Gasteiger partial charge in [-0.1, -0.05) is 48.0 Å². The van der Waals surface area contributed by atoms with E-state index in [-0.39, 0.29) is 25.3 Å². The van der Waals surface area contributed by atoms with Gasteiger partial charge < -0.3 is 9.64 Å². The highest BCUT2D eigenvalue weighted by Crippen LogP contribution is 2.37. The van der Waals surface area contributed by atoms with E-state index >= 15 is 0 Å². The maximum atomic E-state index is 14.3. The quantitative estimate of drug-likeness (QED) is 0.438. The first-order chi connectivity index (χ1) is 16.5. The molecule has 3 aromatic rings. The summed E-state index contributed by atoms with van der Waals surface area (Å²) in [6, 6.07) is 16.5. The van der Waals surface area contributed by atoms with Crippen molar-refractivity contribution in [3.8, 4) is 0 Å². The molecule has 0 saturated carbocycles. The van der Waals surface area contributed by atoms with E-state index in [1.807, 2.05) is 35.7 Å². The number of carbonyl (C=O) groups is 2. The van der Waals surface area contributed by atoms with E-state index in [4.69, 9.17) is 16.3 Å². The topological polar surface area (TPSA) is 62.2 Å². The summed E-state index contributed by atoms with van der Waals surface area (Å²) in [6.07, 6.45) is 0.495. The van der Waals surface area contributed by atoms with Gasteiger partial charge in [0, 0.05) is 25.1 Å². The molecule has 2 heterocycles. The molecule has 2 amide bonds. The van der Waals surface area contributed by atoms with E-state index < -0.39 is 23.7 Å². The van der Waals surface area contributed by atoms with E-state index in [0.717, 1.165) is 16.2 Å². The molecule has 1 atom stereocenters. The van der Waals surface area contributed by atoms with Crippen LogP contribution in [0.2, 0.25) is 5.02 Å². The van der Waals surface area contributed by atoms with Crippen molar-refractivity contribution in [3.05, 3.63) is 92.9 Å². The van der Waals surface area contributed by atoms with Crippen LogP contribution in [0.4, 0.5) is 4.39 Å². The van der Waals surface area contributed by atoms with E-state index in [2.05, 4.69) is 5.10 Å². The minimum Gasteiger partial charge on any atom is -0.383 e. The Morgan fingerprint density at radius 3 is 2.65 bits per heavy atom. The summed E-state index contributed by atoms with van der Waals surface area (Å²) >= 11 is 8.00. The Labute approximate surface area is 206 Å². The lowest BCUT2D eigenvalue weighted by molar-refractivity contribution is -0.133. The van der Waals surface area contributed by atoms with Crippen molar-refractivity contribution in [2.24, 2.45) is 5.10 Å². The first-order valence-electron chi connectivity index (χ1n) is 10.7. The van der Waals surface area contributed by atoms with Crippen molar-refractivity contribution in [2.75, 3.05) is 26.8 Å². The van der Waals surface area contributed by atoms with Crippen LogP contribution in [0.3, 0.4) is 0 Å². The minimum absolute atomic E-state index is 0.0988. The zero-order chi connectivity index (χ0) is 24.1. The summed E-state index contributed by atoms with van der Waals surface area (Å²) in [5, 5.41) is 8.50. The zero-order valence-corrected chi connectivity index (χ0v) is 20.1. The Hall–Kier alpha value is -3.07. The molecule has 0 fully saturated rings. The van der Waals surface area contributed by atoms with Gasteiger partial charge in [0.2, 0.25) is 0 Å². The molecular weight excluding hydrogens is 477 g/mol. The zero-order valence-electron chi connectivity index (χ0n) is 18.5. The van der Waals surface area contributed by atoms with Gasteiger partial charge in [-0.2, -0.15) is 5.10 Å². The second-order valence-corrected chi connectivity index (χ2v) is 9.06. The smallest absolute Gasteiger partial charge is 0.262 e. The summed E-state index contributed by atoms with van der Waals surface area (Å²) < 4.78 is 19.4. The molecular formula is C25H23ClFN3O3S. The van der Waals surface area contributed by atoms with Crippen LogP contribution in [0.25, 0.3) is 0 Å². The molecule has 1 aliphatic heterocycles. The van der Waals surface area contributed by atoms with Crippen molar-refractivity contribution in [2.45, 2.75) is 12.5 Å². The van der Waals surface area contributed by atoms with Crippen LogP contribution in [0, 0.1) is 5.82 Å². The number of hydrogen-bond acceptors (Lipinski definition) is 5. The molecule has 0 N–H and O–H groups in total. The number of benzene rings is 2. The van der Waals surface area contributed by atoms with Crippen LogP contribution >= 0.6 is 22.9 Å². The standard InChI is InChI=1S/C25H23ClFN3O3S/c1-33-13-12-29(25(32)18-8-3-5-10-20(18)27)16-24(31)30-22(17-7-2-4-9-19(17)26)15-21(28-30)23-11-6-14-34-23/h2-11,14,22H,12-13,15-16H2,1H3/t22-/m1/s1. The third kappa shape index (κ3) is 5.19. The van der Waals surface area contributed by atoms with Crippen LogP contribution in [-0.4, -0.2) is 54.2 Å². The molecule has 1 aliphatic rings. The number of rotatable bonds is 8. The largest absolute Gasteiger partial charge is 0.383 e. The van der Waals surface area contributed by atoms with Crippen molar-refractivity contribution >= 4 is 40.5 Å². The van der Waals surface area contributed by atoms with E-state index in [0.29, 0.717) is 11.4 Å². The van der Waals surface area contributed by atoms with E-state index in [9.17, 15) is 14.0 Å². The number of amides is 2. The lowest BCUT2D eigenvalue weighted by Crippen LogP contribution is -2.43.